The molecule has 5 rings (SSSR count). The van der Waals surface area contributed by atoms with Crippen LogP contribution in [0, 0.1) is 6.92 Å². The van der Waals surface area contributed by atoms with Crippen LogP contribution in [0.5, 0.6) is 0 Å². The van der Waals surface area contributed by atoms with Gasteiger partial charge in [-0.1, -0.05) is 12.1 Å². The van der Waals surface area contributed by atoms with Crippen molar-refractivity contribution in [2.24, 2.45) is 0 Å². The van der Waals surface area contributed by atoms with Crippen molar-refractivity contribution in [3.8, 4) is 5.69 Å². The molecule has 6 heteroatoms. The molecule has 0 aliphatic heterocycles. The number of para-hydroxylation sites is 2. The molecule has 0 fully saturated rings. The monoisotopic (exact) mass is 367 g/mol. The molecular formula is C22H17N5O. The minimum atomic E-state index is -0.234. The molecule has 0 saturated heterocycles. The molecule has 0 unspecified atom stereocenters. The lowest BCUT2D eigenvalue weighted by Gasteiger charge is -2.07. The summed E-state index contributed by atoms with van der Waals surface area (Å²) in [6.07, 6.45) is 5.44. The minimum absolute atomic E-state index is 0.234. The summed E-state index contributed by atoms with van der Waals surface area (Å²) < 4.78 is 3.86. The zero-order chi connectivity index (χ0) is 19.1. The van der Waals surface area contributed by atoms with Gasteiger partial charge in [0.2, 0.25) is 0 Å². The third-order valence-corrected chi connectivity index (χ3v) is 4.71. The van der Waals surface area contributed by atoms with Gasteiger partial charge >= 0.3 is 0 Å². The largest absolute Gasteiger partial charge is 0.321 e. The van der Waals surface area contributed by atoms with Gasteiger partial charge in [-0.15, -0.1) is 0 Å². The molecule has 0 atom stereocenters. The van der Waals surface area contributed by atoms with Gasteiger partial charge in [0.1, 0.15) is 17.7 Å². The summed E-state index contributed by atoms with van der Waals surface area (Å²) >= 11 is 0. The number of pyridine rings is 1. The van der Waals surface area contributed by atoms with Gasteiger partial charge in [0.05, 0.1) is 11.0 Å². The summed E-state index contributed by atoms with van der Waals surface area (Å²) in [6, 6.07) is 19.6. The first-order chi connectivity index (χ1) is 13.7. The Kier molecular flexibility index (Phi) is 3.69. The Hall–Kier alpha value is -3.93. The first-order valence-electron chi connectivity index (χ1n) is 8.97. The van der Waals surface area contributed by atoms with E-state index in [9.17, 15) is 4.79 Å². The van der Waals surface area contributed by atoms with Crippen molar-refractivity contribution in [3.63, 3.8) is 0 Å². The van der Waals surface area contributed by atoms with Crippen molar-refractivity contribution in [1.29, 1.82) is 0 Å². The summed E-state index contributed by atoms with van der Waals surface area (Å²) in [7, 11) is 0. The number of hydrogen-bond donors (Lipinski definition) is 1. The highest BCUT2D eigenvalue weighted by Gasteiger charge is 2.11. The Morgan fingerprint density at radius 2 is 1.86 bits per heavy atom. The summed E-state index contributed by atoms with van der Waals surface area (Å²) in [5.74, 6) is -0.234. The molecule has 0 aliphatic carbocycles. The number of hydrogen-bond acceptors (Lipinski definition) is 3. The zero-order valence-corrected chi connectivity index (χ0v) is 15.2. The molecule has 5 aromatic rings. The first-order valence-corrected chi connectivity index (χ1v) is 8.97. The van der Waals surface area contributed by atoms with Gasteiger partial charge in [0, 0.05) is 23.8 Å². The van der Waals surface area contributed by atoms with Crippen molar-refractivity contribution in [3.05, 3.63) is 90.6 Å². The van der Waals surface area contributed by atoms with E-state index in [-0.39, 0.29) is 5.91 Å². The smallest absolute Gasteiger partial charge is 0.275 e. The van der Waals surface area contributed by atoms with Crippen molar-refractivity contribution in [1.82, 2.24) is 18.9 Å². The van der Waals surface area contributed by atoms with Crippen LogP contribution in [0.3, 0.4) is 0 Å². The van der Waals surface area contributed by atoms with Crippen LogP contribution in [0.25, 0.3) is 22.4 Å². The predicted molar refractivity (Wildman–Crippen MR) is 109 cm³/mol. The van der Waals surface area contributed by atoms with E-state index in [4.69, 9.17) is 0 Å². The lowest BCUT2D eigenvalue weighted by molar-refractivity contribution is 0.102. The van der Waals surface area contributed by atoms with Gasteiger partial charge in [0.25, 0.3) is 5.91 Å². The molecule has 0 spiro atoms. The van der Waals surface area contributed by atoms with E-state index in [1.54, 1.807) is 12.5 Å². The molecule has 28 heavy (non-hydrogen) atoms. The number of anilines is 1. The van der Waals surface area contributed by atoms with Crippen LogP contribution in [0.1, 0.15) is 16.1 Å². The molecule has 2 aromatic carbocycles. The first kappa shape index (κ1) is 16.3. The molecule has 0 saturated carbocycles. The SMILES string of the molecule is Cc1ccn2cc(C(=O)Nc3ccc(-n4cnc5ccccc54)cc3)nc2c1. The van der Waals surface area contributed by atoms with Gasteiger partial charge < -0.3 is 9.72 Å². The fourth-order valence-electron chi connectivity index (χ4n) is 3.26. The summed E-state index contributed by atoms with van der Waals surface area (Å²) in [4.78, 5) is 21.4. The van der Waals surface area contributed by atoms with Crippen LogP contribution in [0.4, 0.5) is 5.69 Å². The van der Waals surface area contributed by atoms with Crippen LogP contribution in [-0.2, 0) is 0 Å². The van der Waals surface area contributed by atoms with E-state index < -0.39 is 0 Å². The third-order valence-electron chi connectivity index (χ3n) is 4.71. The summed E-state index contributed by atoms with van der Waals surface area (Å²) in [6.45, 7) is 2.00. The Morgan fingerprint density at radius 1 is 1.04 bits per heavy atom. The Morgan fingerprint density at radius 3 is 2.71 bits per heavy atom. The number of carbonyl (C=O) groups is 1. The van der Waals surface area contributed by atoms with E-state index in [1.165, 1.54) is 0 Å². The highest BCUT2D eigenvalue weighted by atomic mass is 16.1. The Labute approximate surface area is 161 Å². The van der Waals surface area contributed by atoms with Gasteiger partial charge in [-0.3, -0.25) is 9.36 Å². The average Bonchev–Trinajstić information content (AvgIpc) is 3.32. The number of benzene rings is 2. The predicted octanol–water partition coefficient (Wildman–Crippen LogP) is 4.23. The molecule has 0 radical (unpaired) electrons. The summed E-state index contributed by atoms with van der Waals surface area (Å²) in [5.41, 5.74) is 5.93. The van der Waals surface area contributed by atoms with Crippen LogP contribution in [0.2, 0.25) is 0 Å². The Balaban J connectivity index is 1.39. The van der Waals surface area contributed by atoms with Crippen LogP contribution in [0.15, 0.2) is 79.4 Å². The lowest BCUT2D eigenvalue weighted by atomic mass is 10.2. The second-order valence-corrected chi connectivity index (χ2v) is 6.70. The molecule has 3 heterocycles. The van der Waals surface area contributed by atoms with Crippen molar-refractivity contribution in [2.45, 2.75) is 6.92 Å². The van der Waals surface area contributed by atoms with Crippen LogP contribution in [-0.4, -0.2) is 24.8 Å². The van der Waals surface area contributed by atoms with Crippen molar-refractivity contribution < 1.29 is 4.79 Å². The topological polar surface area (TPSA) is 64.2 Å². The van der Waals surface area contributed by atoms with Crippen LogP contribution < -0.4 is 5.32 Å². The third kappa shape index (κ3) is 2.81. The van der Waals surface area contributed by atoms with Crippen molar-refractivity contribution >= 4 is 28.3 Å². The van der Waals surface area contributed by atoms with Gasteiger partial charge in [-0.25, -0.2) is 9.97 Å². The molecule has 1 amide bonds. The molecule has 0 aliphatic rings. The number of amides is 1. The maximum Gasteiger partial charge on any atom is 0.275 e. The van der Waals surface area contributed by atoms with Gasteiger partial charge in [-0.05, 0) is 61.0 Å². The fourth-order valence-corrected chi connectivity index (χ4v) is 3.26. The van der Waals surface area contributed by atoms with E-state index in [0.29, 0.717) is 11.4 Å². The van der Waals surface area contributed by atoms with E-state index in [2.05, 4.69) is 15.3 Å². The molecule has 136 valence electrons. The average molecular weight is 367 g/mol. The van der Waals surface area contributed by atoms with Crippen molar-refractivity contribution in [2.75, 3.05) is 5.32 Å². The zero-order valence-electron chi connectivity index (χ0n) is 15.2. The number of aromatic nitrogens is 4. The number of nitrogens with zero attached hydrogens (tertiary/aromatic N) is 4. The molecule has 6 nitrogen and oxygen atoms in total. The maximum absolute atomic E-state index is 12.6. The minimum Gasteiger partial charge on any atom is -0.321 e. The van der Waals surface area contributed by atoms with Crippen LogP contribution >= 0.6 is 0 Å². The molecular weight excluding hydrogens is 350 g/mol. The second-order valence-electron chi connectivity index (χ2n) is 6.70. The quantitative estimate of drug-likeness (QED) is 0.519. The number of nitrogens with one attached hydrogen (secondary N) is 1. The second kappa shape index (κ2) is 6.35. The highest BCUT2D eigenvalue weighted by Crippen LogP contribution is 2.20. The Bertz CT molecular complexity index is 1310. The molecule has 0 bridgehead atoms. The standard InChI is InChI=1S/C22H17N5O/c1-15-10-11-26-13-19(25-21(26)12-15)22(28)24-16-6-8-17(9-7-16)27-14-23-18-4-2-3-5-20(18)27/h2-14H,1H3,(H,24,28). The van der Waals surface area contributed by atoms with E-state index >= 15 is 0 Å². The maximum atomic E-state index is 12.6. The molecule has 1 N–H and O–H groups in total. The number of carbonyl (C=O) groups excluding carboxylic acids is 1. The lowest BCUT2D eigenvalue weighted by Crippen LogP contribution is -2.12. The normalized spacial score (nSPS) is 11.2. The number of aryl methyl sites for hydroxylation is 1. The number of rotatable bonds is 3. The van der Waals surface area contributed by atoms with Gasteiger partial charge in [-0.2, -0.15) is 0 Å². The number of imidazole rings is 2. The van der Waals surface area contributed by atoms with E-state index in [1.807, 2.05) is 82.8 Å². The number of fused-ring (bicyclic) bond motifs is 2. The highest BCUT2D eigenvalue weighted by molar-refractivity contribution is 6.03. The van der Waals surface area contributed by atoms with E-state index in [0.717, 1.165) is 27.9 Å². The fraction of sp³-hybridized carbons (Fsp3) is 0.0455. The summed E-state index contributed by atoms with van der Waals surface area (Å²) in [5, 5.41) is 2.90. The molecule has 3 aromatic heterocycles. The van der Waals surface area contributed by atoms with Gasteiger partial charge in [0.15, 0.2) is 0 Å².